The number of carboxylic acid groups (broad SMARTS) is 1. The molecule has 0 spiro atoms. The summed E-state index contributed by atoms with van der Waals surface area (Å²) in [4.78, 5) is 24.4. The van der Waals surface area contributed by atoms with Crippen LogP contribution < -0.4 is 10.2 Å². The average molecular weight is 294 g/mol. The van der Waals surface area contributed by atoms with E-state index < -0.39 is 26.3 Å². The third kappa shape index (κ3) is 2.86. The van der Waals surface area contributed by atoms with Crippen LogP contribution in [0.4, 0.5) is 5.69 Å². The van der Waals surface area contributed by atoms with E-state index in [1.165, 1.54) is 24.4 Å². The molecule has 3 N–H and O–H groups in total. The smallest absolute Gasteiger partial charge is 0.335 e. The summed E-state index contributed by atoms with van der Waals surface area (Å²) in [7, 11) is -4.07. The molecule has 0 atom stereocenters. The molecular formula is C12H10N2O5S. The van der Waals surface area contributed by atoms with Crippen molar-refractivity contribution in [1.82, 2.24) is 4.98 Å². The number of hydrogen-bond acceptors (Lipinski definition) is 4. The first-order valence-corrected chi connectivity index (χ1v) is 6.92. The second-order valence-corrected chi connectivity index (χ2v) is 5.52. The Hall–Kier alpha value is -2.61. The fourth-order valence-corrected chi connectivity index (χ4v) is 2.64. The van der Waals surface area contributed by atoms with E-state index in [9.17, 15) is 18.0 Å². The van der Waals surface area contributed by atoms with Crippen molar-refractivity contribution in [2.24, 2.45) is 0 Å². The molecule has 0 saturated carbocycles. The van der Waals surface area contributed by atoms with Crippen LogP contribution in [-0.2, 0) is 10.0 Å². The minimum atomic E-state index is -4.07. The SMILES string of the molecule is O=C(O)c1cccc(NS(=O)(=O)c2c[nH]ccc2=O)c1. The summed E-state index contributed by atoms with van der Waals surface area (Å²) in [6.45, 7) is 0. The average Bonchev–Trinajstić information content (AvgIpc) is 2.38. The van der Waals surface area contributed by atoms with E-state index in [0.29, 0.717) is 0 Å². The van der Waals surface area contributed by atoms with Crippen molar-refractivity contribution in [1.29, 1.82) is 0 Å². The van der Waals surface area contributed by atoms with E-state index in [2.05, 4.69) is 9.71 Å². The number of nitrogens with one attached hydrogen (secondary N) is 2. The second kappa shape index (κ2) is 5.17. The van der Waals surface area contributed by atoms with Crippen LogP contribution in [0.5, 0.6) is 0 Å². The number of sulfonamides is 1. The lowest BCUT2D eigenvalue weighted by molar-refractivity contribution is 0.0697. The number of hydrogen-bond donors (Lipinski definition) is 3. The zero-order valence-electron chi connectivity index (χ0n) is 10.0. The Labute approximate surface area is 114 Å². The summed E-state index contributed by atoms with van der Waals surface area (Å²) in [5, 5.41) is 8.84. The van der Waals surface area contributed by atoms with Crippen LogP contribution in [0.1, 0.15) is 10.4 Å². The van der Waals surface area contributed by atoms with Crippen LogP contribution in [-0.4, -0.2) is 24.5 Å². The van der Waals surface area contributed by atoms with Crippen molar-refractivity contribution in [2.75, 3.05) is 4.72 Å². The number of carboxylic acids is 1. The van der Waals surface area contributed by atoms with Gasteiger partial charge in [-0.25, -0.2) is 13.2 Å². The highest BCUT2D eigenvalue weighted by Crippen LogP contribution is 2.15. The Balaban J connectivity index is 2.39. The molecule has 0 fully saturated rings. The molecule has 0 unspecified atom stereocenters. The van der Waals surface area contributed by atoms with Gasteiger partial charge in [-0.1, -0.05) is 6.07 Å². The normalized spacial score (nSPS) is 11.0. The lowest BCUT2D eigenvalue weighted by Gasteiger charge is -2.07. The first kappa shape index (κ1) is 13.8. The number of carbonyl (C=O) groups is 1. The molecule has 2 rings (SSSR count). The van der Waals surface area contributed by atoms with Gasteiger partial charge in [0.1, 0.15) is 0 Å². The molecular weight excluding hydrogens is 284 g/mol. The van der Waals surface area contributed by atoms with E-state index in [4.69, 9.17) is 5.11 Å². The number of anilines is 1. The van der Waals surface area contributed by atoms with Crippen LogP contribution >= 0.6 is 0 Å². The molecule has 0 aliphatic carbocycles. The van der Waals surface area contributed by atoms with Gasteiger partial charge in [0.2, 0.25) is 5.43 Å². The lowest BCUT2D eigenvalue weighted by atomic mass is 10.2. The van der Waals surface area contributed by atoms with Gasteiger partial charge in [0.05, 0.1) is 5.56 Å². The minimum Gasteiger partial charge on any atom is -0.478 e. The topological polar surface area (TPSA) is 116 Å². The van der Waals surface area contributed by atoms with Gasteiger partial charge >= 0.3 is 5.97 Å². The molecule has 1 aromatic heterocycles. The molecule has 0 aliphatic rings. The minimum absolute atomic E-state index is 0.0628. The summed E-state index contributed by atoms with van der Waals surface area (Å²) in [5.41, 5.74) is -0.661. The quantitative estimate of drug-likeness (QED) is 0.773. The highest BCUT2D eigenvalue weighted by Gasteiger charge is 2.18. The maximum Gasteiger partial charge on any atom is 0.335 e. The fourth-order valence-electron chi connectivity index (χ4n) is 1.54. The molecule has 0 radical (unpaired) electrons. The van der Waals surface area contributed by atoms with Crippen LogP contribution in [0.25, 0.3) is 0 Å². The van der Waals surface area contributed by atoms with Crippen molar-refractivity contribution in [3.05, 3.63) is 58.5 Å². The van der Waals surface area contributed by atoms with E-state index in [1.807, 2.05) is 0 Å². The van der Waals surface area contributed by atoms with Gasteiger partial charge in [-0.05, 0) is 18.2 Å². The fraction of sp³-hybridized carbons (Fsp3) is 0. The van der Waals surface area contributed by atoms with E-state index >= 15 is 0 Å². The summed E-state index contributed by atoms with van der Waals surface area (Å²) >= 11 is 0. The molecule has 0 bridgehead atoms. The number of pyridine rings is 1. The first-order chi connectivity index (χ1) is 9.40. The molecule has 20 heavy (non-hydrogen) atoms. The van der Waals surface area contributed by atoms with Gasteiger partial charge in [-0.3, -0.25) is 9.52 Å². The summed E-state index contributed by atoms with van der Waals surface area (Å²) in [6.07, 6.45) is 2.37. The van der Waals surface area contributed by atoms with Gasteiger partial charge in [0, 0.05) is 24.1 Å². The Kier molecular flexibility index (Phi) is 3.57. The van der Waals surface area contributed by atoms with E-state index in [0.717, 1.165) is 18.3 Å². The second-order valence-electron chi connectivity index (χ2n) is 3.86. The maximum atomic E-state index is 12.0. The highest BCUT2D eigenvalue weighted by atomic mass is 32.2. The number of aromatic carboxylic acids is 1. The predicted molar refractivity (Wildman–Crippen MR) is 71.3 cm³/mol. The van der Waals surface area contributed by atoms with Crippen molar-refractivity contribution < 1.29 is 18.3 Å². The molecule has 1 aromatic carbocycles. The largest absolute Gasteiger partial charge is 0.478 e. The summed E-state index contributed by atoms with van der Waals surface area (Å²) in [6, 6.07) is 6.37. The van der Waals surface area contributed by atoms with Crippen molar-refractivity contribution in [3.8, 4) is 0 Å². The lowest BCUT2D eigenvalue weighted by Crippen LogP contribution is -2.21. The Morgan fingerprint density at radius 2 is 2.00 bits per heavy atom. The standard InChI is InChI=1S/C12H10N2O5S/c15-10-4-5-13-7-11(10)20(18,19)14-9-3-1-2-8(6-9)12(16)17/h1-7,14H,(H,13,15)(H,16,17). The van der Waals surface area contributed by atoms with E-state index in [1.54, 1.807) is 0 Å². The van der Waals surface area contributed by atoms with Crippen molar-refractivity contribution >= 4 is 21.7 Å². The Morgan fingerprint density at radius 3 is 2.65 bits per heavy atom. The molecule has 1 heterocycles. The Morgan fingerprint density at radius 1 is 1.25 bits per heavy atom. The molecule has 2 aromatic rings. The van der Waals surface area contributed by atoms with Gasteiger partial charge < -0.3 is 10.1 Å². The summed E-state index contributed by atoms with van der Waals surface area (Å²) < 4.78 is 26.2. The summed E-state index contributed by atoms with van der Waals surface area (Å²) in [5.74, 6) is -1.18. The molecule has 0 amide bonds. The number of aromatic amines is 1. The first-order valence-electron chi connectivity index (χ1n) is 5.43. The molecule has 0 saturated heterocycles. The van der Waals surface area contributed by atoms with Gasteiger partial charge in [-0.2, -0.15) is 0 Å². The molecule has 8 heteroatoms. The number of benzene rings is 1. The molecule has 104 valence electrons. The van der Waals surface area contributed by atoms with Gasteiger partial charge in [0.15, 0.2) is 4.90 Å². The van der Waals surface area contributed by atoms with Crippen molar-refractivity contribution in [3.63, 3.8) is 0 Å². The maximum absolute atomic E-state index is 12.0. The predicted octanol–water partition coefficient (Wildman–Crippen LogP) is 0.874. The van der Waals surface area contributed by atoms with Crippen molar-refractivity contribution in [2.45, 2.75) is 4.90 Å². The molecule has 0 aliphatic heterocycles. The number of aromatic nitrogens is 1. The zero-order valence-corrected chi connectivity index (χ0v) is 10.8. The number of rotatable bonds is 4. The monoisotopic (exact) mass is 294 g/mol. The third-order valence-electron chi connectivity index (χ3n) is 2.44. The van der Waals surface area contributed by atoms with Gasteiger partial charge in [0.25, 0.3) is 10.0 Å². The van der Waals surface area contributed by atoms with Crippen LogP contribution in [0.3, 0.4) is 0 Å². The van der Waals surface area contributed by atoms with Crippen LogP contribution in [0.15, 0.2) is 52.4 Å². The Bertz CT molecular complexity index is 810. The zero-order chi connectivity index (χ0) is 14.8. The van der Waals surface area contributed by atoms with Crippen LogP contribution in [0, 0.1) is 0 Å². The third-order valence-corrected chi connectivity index (χ3v) is 3.84. The van der Waals surface area contributed by atoms with Crippen LogP contribution in [0.2, 0.25) is 0 Å². The number of H-pyrrole nitrogens is 1. The van der Waals surface area contributed by atoms with E-state index in [-0.39, 0.29) is 11.3 Å². The molecule has 7 nitrogen and oxygen atoms in total. The highest BCUT2D eigenvalue weighted by molar-refractivity contribution is 7.92. The van der Waals surface area contributed by atoms with Gasteiger partial charge in [-0.15, -0.1) is 0 Å².